The molecule has 180 valence electrons. The molecule has 0 fully saturated rings. The summed E-state index contributed by atoms with van der Waals surface area (Å²) in [5.74, 6) is 3.44. The summed E-state index contributed by atoms with van der Waals surface area (Å²) in [6.45, 7) is 2.86. The van der Waals surface area contributed by atoms with E-state index in [0.29, 0.717) is 35.6 Å². The molecule has 2 aliphatic rings. The van der Waals surface area contributed by atoms with Gasteiger partial charge in [0.2, 0.25) is 5.91 Å². The van der Waals surface area contributed by atoms with Crippen LogP contribution < -0.4 is 14.8 Å². The van der Waals surface area contributed by atoms with E-state index in [1.165, 1.54) is 18.0 Å². The molecular weight excluding hydrogens is 461 g/mol. The molecule has 0 saturated carbocycles. The number of imidazole rings is 1. The fourth-order valence-corrected chi connectivity index (χ4v) is 4.00. The van der Waals surface area contributed by atoms with E-state index in [2.05, 4.69) is 27.2 Å². The van der Waals surface area contributed by atoms with Crippen LogP contribution in [-0.2, 0) is 17.4 Å². The molecule has 35 heavy (non-hydrogen) atoms. The second kappa shape index (κ2) is 8.94. The molecule has 0 bridgehead atoms. The molecule has 2 aromatic carbocycles. The minimum absolute atomic E-state index is 0.000606. The summed E-state index contributed by atoms with van der Waals surface area (Å²) in [4.78, 5) is 22.1. The van der Waals surface area contributed by atoms with Gasteiger partial charge in [0.15, 0.2) is 0 Å². The van der Waals surface area contributed by atoms with Crippen molar-refractivity contribution in [1.29, 1.82) is 0 Å². The molecule has 0 spiro atoms. The van der Waals surface area contributed by atoms with Crippen LogP contribution >= 0.6 is 0 Å². The topological polar surface area (TPSA) is 89.1 Å². The van der Waals surface area contributed by atoms with Crippen LogP contribution in [0.15, 0.2) is 55.0 Å². The van der Waals surface area contributed by atoms with Gasteiger partial charge in [-0.25, -0.2) is 9.97 Å². The summed E-state index contributed by atoms with van der Waals surface area (Å²) in [5, 5.41) is 2.78. The largest absolute Gasteiger partial charge is 0.493 e. The molecule has 0 aliphatic carbocycles. The number of rotatable bonds is 2. The Balaban J connectivity index is 0.000000166. The first-order valence-corrected chi connectivity index (χ1v) is 11.0. The highest BCUT2D eigenvalue weighted by molar-refractivity contribution is 5.93. The Labute approximate surface area is 198 Å². The maximum Gasteiger partial charge on any atom is 0.416 e. The number of alkyl halides is 3. The van der Waals surface area contributed by atoms with Gasteiger partial charge in [-0.05, 0) is 48.9 Å². The zero-order valence-corrected chi connectivity index (χ0v) is 18.6. The average molecular weight is 482 g/mol. The molecule has 1 atom stereocenters. The fourth-order valence-electron chi connectivity index (χ4n) is 4.00. The fraction of sp³-hybridized carbons (Fsp3) is 0.240. The number of fused-ring (bicyclic) bond motifs is 3. The SMILES string of the molecule is CC1COc2ccc(Oc3ccnc4c3CCC(=O)N4)cc21.FC(F)(F)c1ccc2nc[nH]c2c1. The van der Waals surface area contributed by atoms with Gasteiger partial charge >= 0.3 is 6.18 Å². The molecule has 7 nitrogen and oxygen atoms in total. The number of benzene rings is 2. The number of halogens is 3. The van der Waals surface area contributed by atoms with E-state index in [0.717, 1.165) is 41.6 Å². The Kier molecular flexibility index (Phi) is 5.80. The molecule has 0 saturated heterocycles. The second-order valence-corrected chi connectivity index (χ2v) is 8.33. The maximum absolute atomic E-state index is 12.2. The van der Waals surface area contributed by atoms with Crippen molar-refractivity contribution in [2.75, 3.05) is 11.9 Å². The van der Waals surface area contributed by atoms with E-state index >= 15 is 0 Å². The minimum Gasteiger partial charge on any atom is -0.493 e. The van der Waals surface area contributed by atoms with Crippen molar-refractivity contribution in [2.24, 2.45) is 0 Å². The van der Waals surface area contributed by atoms with Gasteiger partial charge in [0.05, 0.1) is 29.5 Å². The van der Waals surface area contributed by atoms with Crippen molar-refractivity contribution in [3.8, 4) is 17.2 Å². The number of carbonyl (C=O) groups excluding carboxylic acids is 1. The lowest BCUT2D eigenvalue weighted by molar-refractivity contribution is -0.137. The van der Waals surface area contributed by atoms with Gasteiger partial charge in [0.1, 0.15) is 23.1 Å². The number of nitrogens with zero attached hydrogens (tertiary/aromatic N) is 2. The number of aromatic amines is 1. The standard InChI is InChI=1S/C17H16N2O3.C8H5F3N2/c1-10-9-21-14-4-2-11(8-13(10)14)22-15-6-7-18-17-12(15)3-5-16(20)19-17;9-8(10,11)5-1-2-6-7(3-5)13-4-12-6/h2,4,6-8,10H,3,5,9H2,1H3,(H,18,19,20);1-4H,(H,12,13). The van der Waals surface area contributed by atoms with Crippen molar-refractivity contribution in [3.05, 3.63) is 71.7 Å². The lowest BCUT2D eigenvalue weighted by Crippen LogP contribution is -2.20. The first-order valence-electron chi connectivity index (χ1n) is 11.0. The Morgan fingerprint density at radius 3 is 2.77 bits per heavy atom. The van der Waals surface area contributed by atoms with E-state index < -0.39 is 11.7 Å². The molecule has 2 N–H and O–H groups in total. The zero-order valence-electron chi connectivity index (χ0n) is 18.6. The van der Waals surface area contributed by atoms with Gasteiger partial charge in [0, 0.05) is 29.7 Å². The third-order valence-corrected chi connectivity index (χ3v) is 5.85. The molecule has 4 aromatic rings. The van der Waals surface area contributed by atoms with Crippen molar-refractivity contribution >= 4 is 22.8 Å². The van der Waals surface area contributed by atoms with E-state index in [1.54, 1.807) is 6.20 Å². The first kappa shape index (κ1) is 22.7. The van der Waals surface area contributed by atoms with Gasteiger partial charge in [-0.1, -0.05) is 6.92 Å². The molecular formula is C25H21F3N4O3. The predicted molar refractivity (Wildman–Crippen MR) is 123 cm³/mol. The van der Waals surface area contributed by atoms with Crippen LogP contribution in [0, 0.1) is 0 Å². The number of amides is 1. The third-order valence-electron chi connectivity index (χ3n) is 5.85. The van der Waals surface area contributed by atoms with E-state index in [9.17, 15) is 18.0 Å². The van der Waals surface area contributed by atoms with Crippen molar-refractivity contribution in [3.63, 3.8) is 0 Å². The molecule has 2 aromatic heterocycles. The van der Waals surface area contributed by atoms with Crippen LogP contribution in [-0.4, -0.2) is 27.5 Å². The monoisotopic (exact) mass is 482 g/mol. The molecule has 4 heterocycles. The molecule has 2 aliphatic heterocycles. The van der Waals surface area contributed by atoms with Crippen molar-refractivity contribution in [1.82, 2.24) is 15.0 Å². The van der Waals surface area contributed by atoms with Gasteiger partial charge in [-0.3, -0.25) is 4.79 Å². The number of pyridine rings is 1. The van der Waals surface area contributed by atoms with Crippen molar-refractivity contribution in [2.45, 2.75) is 31.9 Å². The Morgan fingerprint density at radius 1 is 1.09 bits per heavy atom. The van der Waals surface area contributed by atoms with Crippen LogP contribution in [0.5, 0.6) is 17.2 Å². The Bertz CT molecular complexity index is 1400. The number of H-pyrrole nitrogens is 1. The van der Waals surface area contributed by atoms with Crippen LogP contribution in [0.2, 0.25) is 0 Å². The lowest BCUT2D eigenvalue weighted by atomic mass is 10.0. The average Bonchev–Trinajstić information content (AvgIpc) is 3.45. The van der Waals surface area contributed by atoms with E-state index in [1.807, 2.05) is 24.3 Å². The number of ether oxygens (including phenoxy) is 2. The Hall–Kier alpha value is -4.08. The molecule has 0 radical (unpaired) electrons. The number of hydrogen-bond donors (Lipinski definition) is 2. The summed E-state index contributed by atoms with van der Waals surface area (Å²) in [5.41, 5.74) is 2.40. The van der Waals surface area contributed by atoms with Gasteiger partial charge in [0.25, 0.3) is 0 Å². The smallest absolute Gasteiger partial charge is 0.416 e. The molecule has 10 heteroatoms. The predicted octanol–water partition coefficient (Wildman–Crippen LogP) is 5.84. The second-order valence-electron chi connectivity index (χ2n) is 8.33. The van der Waals surface area contributed by atoms with E-state index in [-0.39, 0.29) is 5.91 Å². The highest BCUT2D eigenvalue weighted by atomic mass is 19.4. The summed E-state index contributed by atoms with van der Waals surface area (Å²) in [7, 11) is 0. The zero-order chi connectivity index (χ0) is 24.6. The van der Waals surface area contributed by atoms with Crippen LogP contribution in [0.4, 0.5) is 19.0 Å². The van der Waals surface area contributed by atoms with Crippen LogP contribution in [0.25, 0.3) is 11.0 Å². The van der Waals surface area contributed by atoms with Crippen LogP contribution in [0.3, 0.4) is 0 Å². The summed E-state index contributed by atoms with van der Waals surface area (Å²) >= 11 is 0. The number of aromatic nitrogens is 3. The summed E-state index contributed by atoms with van der Waals surface area (Å²) in [6.07, 6.45) is -0.165. The maximum atomic E-state index is 12.2. The molecule has 6 rings (SSSR count). The van der Waals surface area contributed by atoms with Crippen LogP contribution in [0.1, 0.15) is 36.0 Å². The normalized spacial score (nSPS) is 16.5. The van der Waals surface area contributed by atoms with Gasteiger partial charge in [-0.15, -0.1) is 0 Å². The quantitative estimate of drug-likeness (QED) is 0.375. The molecule has 1 unspecified atom stereocenters. The highest BCUT2D eigenvalue weighted by Crippen LogP contribution is 2.39. The third kappa shape index (κ3) is 4.77. The van der Waals surface area contributed by atoms with E-state index in [4.69, 9.17) is 9.47 Å². The molecule has 1 amide bonds. The summed E-state index contributed by atoms with van der Waals surface area (Å²) < 4.78 is 48.2. The lowest BCUT2D eigenvalue weighted by Gasteiger charge is -2.19. The number of hydrogen-bond acceptors (Lipinski definition) is 5. The first-order chi connectivity index (χ1) is 16.8. The summed E-state index contributed by atoms with van der Waals surface area (Å²) in [6, 6.07) is 11.1. The highest BCUT2D eigenvalue weighted by Gasteiger charge is 2.30. The number of anilines is 1. The van der Waals surface area contributed by atoms with Gasteiger partial charge < -0.3 is 19.8 Å². The van der Waals surface area contributed by atoms with Gasteiger partial charge in [-0.2, -0.15) is 13.2 Å². The minimum atomic E-state index is -4.29. The van der Waals surface area contributed by atoms with Crippen molar-refractivity contribution < 1.29 is 27.4 Å². The number of carbonyl (C=O) groups is 1. The Morgan fingerprint density at radius 2 is 1.94 bits per heavy atom. The number of nitrogens with one attached hydrogen (secondary N) is 2.